The highest BCUT2D eigenvalue weighted by atomic mass is 16.5. The van der Waals surface area contributed by atoms with E-state index in [1.165, 1.54) is 0 Å². The maximum absolute atomic E-state index is 10.8. The molecule has 0 fully saturated rings. The second-order valence-corrected chi connectivity index (χ2v) is 2.77. The van der Waals surface area contributed by atoms with E-state index in [2.05, 4.69) is 5.92 Å². The Morgan fingerprint density at radius 3 is 2.73 bits per heavy atom. The van der Waals surface area contributed by atoms with Crippen molar-refractivity contribution in [2.75, 3.05) is 6.61 Å². The Bertz CT molecular complexity index is 153. The fourth-order valence-corrected chi connectivity index (χ4v) is 0.616. The molecule has 11 heavy (non-hydrogen) atoms. The average molecular weight is 154 g/mol. The van der Waals surface area contributed by atoms with Crippen LogP contribution in [-0.2, 0) is 9.53 Å². The summed E-state index contributed by atoms with van der Waals surface area (Å²) in [6.07, 6.45) is 5.96. The van der Waals surface area contributed by atoms with Crippen molar-refractivity contribution in [3.8, 4) is 12.3 Å². The predicted molar refractivity (Wildman–Crippen MR) is 43.9 cm³/mol. The zero-order chi connectivity index (χ0) is 8.69. The Morgan fingerprint density at radius 1 is 1.64 bits per heavy atom. The third-order valence-corrected chi connectivity index (χ3v) is 1.08. The van der Waals surface area contributed by atoms with Gasteiger partial charge >= 0.3 is 5.97 Å². The average Bonchev–Trinajstić information content (AvgIpc) is 1.86. The van der Waals surface area contributed by atoms with Gasteiger partial charge in [0.25, 0.3) is 0 Å². The minimum absolute atomic E-state index is 0.157. The molecule has 0 atom stereocenters. The van der Waals surface area contributed by atoms with Gasteiger partial charge in [-0.05, 0) is 5.92 Å². The summed E-state index contributed by atoms with van der Waals surface area (Å²) < 4.78 is 4.81. The maximum atomic E-state index is 10.8. The van der Waals surface area contributed by atoms with E-state index in [1.54, 1.807) is 0 Å². The van der Waals surface area contributed by atoms with Crippen molar-refractivity contribution >= 4 is 5.97 Å². The third kappa shape index (κ3) is 6.92. The number of rotatable bonds is 4. The van der Waals surface area contributed by atoms with Crippen LogP contribution < -0.4 is 0 Å². The molecule has 0 rings (SSSR count). The summed E-state index contributed by atoms with van der Waals surface area (Å²) in [7, 11) is 0. The van der Waals surface area contributed by atoms with Crippen molar-refractivity contribution in [3.05, 3.63) is 0 Å². The van der Waals surface area contributed by atoms with E-state index in [0.29, 0.717) is 25.4 Å². The lowest BCUT2D eigenvalue weighted by atomic mass is 10.1. The van der Waals surface area contributed by atoms with Crippen LogP contribution in [0.2, 0.25) is 0 Å². The topological polar surface area (TPSA) is 26.3 Å². The summed E-state index contributed by atoms with van der Waals surface area (Å²) in [4.78, 5) is 10.8. The third-order valence-electron chi connectivity index (χ3n) is 1.08. The maximum Gasteiger partial charge on any atom is 0.306 e. The molecule has 0 radical (unpaired) electrons. The largest absolute Gasteiger partial charge is 0.465 e. The van der Waals surface area contributed by atoms with Gasteiger partial charge in [0.05, 0.1) is 0 Å². The summed E-state index contributed by atoms with van der Waals surface area (Å²) in [6, 6.07) is 0. The fourth-order valence-electron chi connectivity index (χ4n) is 0.616. The van der Waals surface area contributed by atoms with E-state index < -0.39 is 0 Å². The molecular formula is C9H14O2. The molecular weight excluding hydrogens is 140 g/mol. The number of hydrogen-bond acceptors (Lipinski definition) is 2. The van der Waals surface area contributed by atoms with Crippen LogP contribution in [0.25, 0.3) is 0 Å². The number of terminal acetylenes is 1. The Morgan fingerprint density at radius 2 is 2.27 bits per heavy atom. The minimum atomic E-state index is -0.157. The molecule has 62 valence electrons. The first-order valence-electron chi connectivity index (χ1n) is 3.76. The number of esters is 1. The Hall–Kier alpha value is -0.970. The van der Waals surface area contributed by atoms with E-state index in [0.717, 1.165) is 0 Å². The molecule has 0 aliphatic heterocycles. The zero-order valence-corrected chi connectivity index (χ0v) is 7.09. The highest BCUT2D eigenvalue weighted by molar-refractivity contribution is 5.69. The SMILES string of the molecule is C#CCCOC(=O)CC(C)C. The lowest BCUT2D eigenvalue weighted by molar-refractivity contribution is -0.144. The molecule has 0 saturated carbocycles. The number of carbonyl (C=O) groups excluding carboxylic acids is 1. The highest BCUT2D eigenvalue weighted by Crippen LogP contribution is 2.00. The van der Waals surface area contributed by atoms with Crippen molar-refractivity contribution in [2.24, 2.45) is 5.92 Å². The van der Waals surface area contributed by atoms with E-state index in [1.807, 2.05) is 13.8 Å². The molecule has 0 spiro atoms. The molecule has 0 unspecified atom stereocenters. The van der Waals surface area contributed by atoms with Crippen LogP contribution in [-0.4, -0.2) is 12.6 Å². The Labute approximate surface area is 67.9 Å². The fraction of sp³-hybridized carbons (Fsp3) is 0.667. The van der Waals surface area contributed by atoms with Gasteiger partial charge < -0.3 is 4.74 Å². The van der Waals surface area contributed by atoms with Crippen LogP contribution in [0.1, 0.15) is 26.7 Å². The van der Waals surface area contributed by atoms with Gasteiger partial charge in [-0.1, -0.05) is 13.8 Å². The van der Waals surface area contributed by atoms with Gasteiger partial charge in [0.15, 0.2) is 0 Å². The van der Waals surface area contributed by atoms with Gasteiger partial charge in [0.1, 0.15) is 6.61 Å². The lowest BCUT2D eigenvalue weighted by Crippen LogP contribution is -2.08. The summed E-state index contributed by atoms with van der Waals surface area (Å²) in [5.41, 5.74) is 0. The normalized spacial score (nSPS) is 9.27. The quantitative estimate of drug-likeness (QED) is 0.349. The molecule has 0 bridgehead atoms. The molecule has 0 aromatic carbocycles. The minimum Gasteiger partial charge on any atom is -0.465 e. The van der Waals surface area contributed by atoms with Crippen molar-refractivity contribution < 1.29 is 9.53 Å². The van der Waals surface area contributed by atoms with E-state index in [4.69, 9.17) is 11.2 Å². The second-order valence-electron chi connectivity index (χ2n) is 2.77. The Kier molecular flexibility index (Phi) is 5.28. The lowest BCUT2D eigenvalue weighted by Gasteiger charge is -2.03. The van der Waals surface area contributed by atoms with E-state index in [9.17, 15) is 4.79 Å². The molecule has 0 saturated heterocycles. The van der Waals surface area contributed by atoms with Crippen LogP contribution in [0.5, 0.6) is 0 Å². The molecule has 0 heterocycles. The molecule has 0 amide bonds. The summed E-state index contributed by atoms with van der Waals surface area (Å²) in [5.74, 6) is 2.60. The molecule has 0 aromatic heterocycles. The van der Waals surface area contributed by atoms with Gasteiger partial charge in [0.2, 0.25) is 0 Å². The number of carbonyl (C=O) groups is 1. The van der Waals surface area contributed by atoms with Crippen LogP contribution in [0.3, 0.4) is 0 Å². The van der Waals surface area contributed by atoms with Gasteiger partial charge in [0, 0.05) is 12.8 Å². The molecule has 0 aliphatic rings. The smallest absolute Gasteiger partial charge is 0.306 e. The zero-order valence-electron chi connectivity index (χ0n) is 7.09. The van der Waals surface area contributed by atoms with Crippen molar-refractivity contribution in [3.63, 3.8) is 0 Å². The molecule has 2 heteroatoms. The van der Waals surface area contributed by atoms with Gasteiger partial charge in [-0.25, -0.2) is 0 Å². The molecule has 2 nitrogen and oxygen atoms in total. The summed E-state index contributed by atoms with van der Waals surface area (Å²) >= 11 is 0. The molecule has 0 N–H and O–H groups in total. The first kappa shape index (κ1) is 10.0. The van der Waals surface area contributed by atoms with Crippen molar-refractivity contribution in [2.45, 2.75) is 26.7 Å². The van der Waals surface area contributed by atoms with Crippen LogP contribution >= 0.6 is 0 Å². The monoisotopic (exact) mass is 154 g/mol. The Balaban J connectivity index is 3.32. The van der Waals surface area contributed by atoms with Gasteiger partial charge in [-0.15, -0.1) is 12.3 Å². The molecule has 0 aliphatic carbocycles. The standard InChI is InChI=1S/C9H14O2/c1-4-5-6-11-9(10)7-8(2)3/h1,8H,5-7H2,2-3H3. The van der Waals surface area contributed by atoms with Crippen LogP contribution in [0.15, 0.2) is 0 Å². The first-order valence-corrected chi connectivity index (χ1v) is 3.76. The van der Waals surface area contributed by atoms with Crippen LogP contribution in [0.4, 0.5) is 0 Å². The number of hydrogen-bond donors (Lipinski definition) is 0. The van der Waals surface area contributed by atoms with Crippen molar-refractivity contribution in [1.29, 1.82) is 0 Å². The van der Waals surface area contributed by atoms with Crippen molar-refractivity contribution in [1.82, 2.24) is 0 Å². The van der Waals surface area contributed by atoms with Gasteiger partial charge in [-0.3, -0.25) is 4.79 Å². The first-order chi connectivity index (χ1) is 5.16. The van der Waals surface area contributed by atoms with E-state index in [-0.39, 0.29) is 5.97 Å². The van der Waals surface area contributed by atoms with Crippen LogP contribution in [0, 0.1) is 18.3 Å². The summed E-state index contributed by atoms with van der Waals surface area (Å²) in [5, 5.41) is 0. The predicted octanol–water partition coefficient (Wildman–Crippen LogP) is 1.60. The molecule has 0 aromatic rings. The summed E-state index contributed by atoms with van der Waals surface area (Å²) in [6.45, 7) is 4.30. The second kappa shape index (κ2) is 5.79. The van der Waals surface area contributed by atoms with Gasteiger partial charge in [-0.2, -0.15) is 0 Å². The highest BCUT2D eigenvalue weighted by Gasteiger charge is 2.04. The number of ether oxygens (including phenoxy) is 1. The van der Waals surface area contributed by atoms with E-state index >= 15 is 0 Å².